The highest BCUT2D eigenvalue weighted by Gasteiger charge is 2.30. The van der Waals surface area contributed by atoms with Crippen LogP contribution in [0, 0.1) is 11.7 Å². The zero-order chi connectivity index (χ0) is 23.0. The van der Waals surface area contributed by atoms with Gasteiger partial charge in [-0.1, -0.05) is 24.8 Å². The summed E-state index contributed by atoms with van der Waals surface area (Å²) in [6, 6.07) is 16.0. The molecule has 33 heavy (non-hydrogen) atoms. The molecule has 0 aliphatic carbocycles. The van der Waals surface area contributed by atoms with Crippen LogP contribution in [0.4, 0.5) is 13.2 Å². The second kappa shape index (κ2) is 9.05. The predicted octanol–water partition coefficient (Wildman–Crippen LogP) is 3.43. The standard InChI is InChI=1S/C24H18F3N3OS.H2O/c1-15-6-3-9-20(12-15)30-16(2)21(22(31)28-23(30)32)14-19-10-5-11-29(19)18-8-4-7-17(13-18)24(25,26)27;/h3-14H,2H2,1H3,(H,28,31,32);1H2/b21-14-;. The van der Waals surface area contributed by atoms with E-state index >= 15 is 0 Å². The first-order valence-electron chi connectivity index (χ1n) is 9.63. The summed E-state index contributed by atoms with van der Waals surface area (Å²) < 4.78 is 42.9. The van der Waals surface area contributed by atoms with Crippen LogP contribution in [0.1, 0.15) is 16.8 Å². The smallest absolute Gasteiger partial charge is 0.412 e. The topological polar surface area (TPSA) is 74.2 Å². The maximum Gasteiger partial charge on any atom is 0.416 e. The molecule has 3 N–H and O–H groups in total. The Kier molecular flexibility index (Phi) is 6.57. The third-order valence-electron chi connectivity index (χ3n) is 5.03. The van der Waals surface area contributed by atoms with Gasteiger partial charge in [0.05, 0.1) is 16.1 Å². The summed E-state index contributed by atoms with van der Waals surface area (Å²) in [6.07, 6.45) is -1.24. The summed E-state index contributed by atoms with van der Waals surface area (Å²) in [5, 5.41) is 0.633. The summed E-state index contributed by atoms with van der Waals surface area (Å²) in [5.74, 6) is 0. The number of aryl methyl sites for hydroxylation is 1. The molecule has 0 aliphatic heterocycles. The van der Waals surface area contributed by atoms with Gasteiger partial charge in [0.2, 0.25) is 0 Å². The molecule has 0 saturated heterocycles. The highest BCUT2D eigenvalue weighted by Crippen LogP contribution is 2.30. The molecule has 0 bridgehead atoms. The number of benzene rings is 2. The fourth-order valence-corrected chi connectivity index (χ4v) is 3.82. The zero-order valence-electron chi connectivity index (χ0n) is 17.5. The van der Waals surface area contributed by atoms with Crippen molar-refractivity contribution in [2.75, 3.05) is 0 Å². The van der Waals surface area contributed by atoms with Crippen molar-refractivity contribution in [1.29, 1.82) is 0 Å². The number of H-pyrrole nitrogens is 1. The van der Waals surface area contributed by atoms with Crippen molar-refractivity contribution in [3.8, 4) is 11.4 Å². The van der Waals surface area contributed by atoms with Gasteiger partial charge in [0, 0.05) is 23.3 Å². The van der Waals surface area contributed by atoms with E-state index in [1.165, 1.54) is 6.07 Å². The van der Waals surface area contributed by atoms with E-state index in [1.54, 1.807) is 39.6 Å². The van der Waals surface area contributed by atoms with Crippen molar-refractivity contribution in [2.24, 2.45) is 0 Å². The molecule has 0 radical (unpaired) electrons. The van der Waals surface area contributed by atoms with Gasteiger partial charge >= 0.3 is 6.18 Å². The van der Waals surface area contributed by atoms with E-state index in [4.69, 9.17) is 12.2 Å². The van der Waals surface area contributed by atoms with Gasteiger partial charge in [-0.2, -0.15) is 13.2 Å². The number of hydrogen-bond acceptors (Lipinski definition) is 2. The molecule has 0 aliphatic rings. The van der Waals surface area contributed by atoms with Crippen molar-refractivity contribution in [2.45, 2.75) is 13.1 Å². The number of rotatable bonds is 3. The Hall–Kier alpha value is -3.69. The lowest BCUT2D eigenvalue weighted by atomic mass is 10.2. The lowest BCUT2D eigenvalue weighted by molar-refractivity contribution is -0.137. The number of nitrogens with zero attached hydrogens (tertiary/aromatic N) is 2. The molecule has 0 spiro atoms. The van der Waals surface area contributed by atoms with Crippen LogP contribution in [-0.2, 0) is 6.18 Å². The van der Waals surface area contributed by atoms with Crippen LogP contribution in [0.25, 0.3) is 24.0 Å². The third-order valence-corrected chi connectivity index (χ3v) is 5.32. The summed E-state index contributed by atoms with van der Waals surface area (Å²) in [5.41, 5.74) is 1.43. The number of aromatic amines is 1. The van der Waals surface area contributed by atoms with Crippen LogP contribution in [0.2, 0.25) is 0 Å². The molecular formula is C24H20F3N3O2S. The van der Waals surface area contributed by atoms with Gasteiger partial charge in [-0.15, -0.1) is 0 Å². The van der Waals surface area contributed by atoms with Crippen molar-refractivity contribution in [3.05, 3.63) is 109 Å². The monoisotopic (exact) mass is 471 g/mol. The maximum absolute atomic E-state index is 13.2. The first-order valence-corrected chi connectivity index (χ1v) is 10.0. The molecule has 4 rings (SSSR count). The molecule has 0 amide bonds. The minimum Gasteiger partial charge on any atom is -0.412 e. The van der Waals surface area contributed by atoms with Gasteiger partial charge in [-0.3, -0.25) is 14.3 Å². The van der Waals surface area contributed by atoms with Crippen LogP contribution in [-0.4, -0.2) is 19.6 Å². The van der Waals surface area contributed by atoms with Crippen LogP contribution < -0.4 is 16.1 Å². The number of hydrogen-bond donors (Lipinski definition) is 1. The minimum atomic E-state index is -4.46. The third kappa shape index (κ3) is 4.74. The quantitative estimate of drug-likeness (QED) is 0.465. The van der Waals surface area contributed by atoms with Gasteiger partial charge in [0.15, 0.2) is 4.77 Å². The Labute approximate surface area is 191 Å². The van der Waals surface area contributed by atoms with E-state index in [2.05, 4.69) is 11.6 Å². The molecule has 0 atom stereocenters. The molecular weight excluding hydrogens is 451 g/mol. The lowest BCUT2D eigenvalue weighted by Gasteiger charge is -2.11. The number of halogens is 3. The summed E-state index contributed by atoms with van der Waals surface area (Å²) in [6.45, 7) is 6.01. The molecule has 0 unspecified atom stereocenters. The number of aromatic nitrogens is 3. The molecule has 5 nitrogen and oxygen atoms in total. The molecule has 2 aromatic carbocycles. The van der Waals surface area contributed by atoms with Crippen LogP contribution in [0.5, 0.6) is 0 Å². The highest BCUT2D eigenvalue weighted by molar-refractivity contribution is 7.71. The van der Waals surface area contributed by atoms with Gasteiger partial charge in [-0.05, 0) is 73.2 Å². The molecule has 2 aromatic heterocycles. The van der Waals surface area contributed by atoms with Crippen LogP contribution in [0.3, 0.4) is 0 Å². The fraction of sp³-hybridized carbons (Fsp3) is 0.0833. The molecule has 2 heterocycles. The normalized spacial score (nSPS) is 11.9. The van der Waals surface area contributed by atoms with E-state index in [0.29, 0.717) is 16.7 Å². The van der Waals surface area contributed by atoms with Gasteiger partial charge in [-0.25, -0.2) is 0 Å². The van der Waals surface area contributed by atoms with E-state index in [1.807, 2.05) is 31.2 Å². The summed E-state index contributed by atoms with van der Waals surface area (Å²) >= 11 is 5.35. The highest BCUT2D eigenvalue weighted by atomic mass is 32.1. The lowest BCUT2D eigenvalue weighted by Crippen LogP contribution is -2.46. The molecule has 9 heteroatoms. The first-order chi connectivity index (χ1) is 15.1. The fourth-order valence-electron chi connectivity index (χ4n) is 3.51. The number of alkyl halides is 3. The van der Waals surface area contributed by atoms with Crippen LogP contribution >= 0.6 is 12.2 Å². The predicted molar refractivity (Wildman–Crippen MR) is 125 cm³/mol. The Bertz CT molecular complexity index is 1550. The number of nitrogens with one attached hydrogen (secondary N) is 1. The zero-order valence-corrected chi connectivity index (χ0v) is 18.3. The molecule has 170 valence electrons. The summed E-state index contributed by atoms with van der Waals surface area (Å²) in [4.78, 5) is 15.4. The van der Waals surface area contributed by atoms with E-state index in [0.717, 1.165) is 23.4 Å². The Morgan fingerprint density at radius 3 is 2.42 bits per heavy atom. The van der Waals surface area contributed by atoms with Gasteiger partial charge in [0.25, 0.3) is 5.56 Å². The average Bonchev–Trinajstić information content (AvgIpc) is 3.19. The van der Waals surface area contributed by atoms with Crippen molar-refractivity contribution >= 4 is 24.9 Å². The van der Waals surface area contributed by atoms with Crippen LogP contribution in [0.15, 0.2) is 71.7 Å². The Balaban J connectivity index is 0.00000306. The van der Waals surface area contributed by atoms with Crippen molar-refractivity contribution in [1.82, 2.24) is 14.1 Å². The summed E-state index contributed by atoms with van der Waals surface area (Å²) in [7, 11) is 0. The van der Waals surface area contributed by atoms with E-state index in [-0.39, 0.29) is 15.5 Å². The second-order valence-electron chi connectivity index (χ2n) is 7.29. The first kappa shape index (κ1) is 24.0. The second-order valence-corrected chi connectivity index (χ2v) is 7.68. The Morgan fingerprint density at radius 2 is 1.73 bits per heavy atom. The molecule has 0 saturated carbocycles. The van der Waals surface area contributed by atoms with E-state index < -0.39 is 17.3 Å². The maximum atomic E-state index is 13.2. The van der Waals surface area contributed by atoms with Gasteiger partial charge < -0.3 is 10.0 Å². The Morgan fingerprint density at radius 1 is 1.03 bits per heavy atom. The van der Waals surface area contributed by atoms with Crippen molar-refractivity contribution < 1.29 is 18.6 Å². The average molecular weight is 472 g/mol. The largest absolute Gasteiger partial charge is 0.416 e. The van der Waals surface area contributed by atoms with Crippen molar-refractivity contribution in [3.63, 3.8) is 0 Å². The molecule has 4 aromatic rings. The SMILES string of the molecule is C=c1/c(=C/c2cccn2-c2cccc(C(F)(F)F)c2)c(=O)[nH]c(=S)n1-c1cccc(C)c1.O. The van der Waals surface area contributed by atoms with E-state index in [9.17, 15) is 18.0 Å². The molecule has 0 fully saturated rings. The minimum absolute atomic E-state index is 0. The van der Waals surface area contributed by atoms with Gasteiger partial charge in [0.1, 0.15) is 0 Å².